The maximum Gasteiger partial charge on any atom is 0.318 e. The monoisotopic (exact) mass is 361 g/mol. The average Bonchev–Trinajstić information content (AvgIpc) is 3.15. The van der Waals surface area contributed by atoms with Crippen LogP contribution >= 0.6 is 11.3 Å². The molecule has 3 heterocycles. The minimum atomic E-state index is -0.662. The van der Waals surface area contributed by atoms with Gasteiger partial charge in [-0.1, -0.05) is 17.4 Å². The van der Waals surface area contributed by atoms with E-state index in [-0.39, 0.29) is 11.9 Å². The topological polar surface area (TPSA) is 103 Å². The zero-order chi connectivity index (χ0) is 17.6. The Bertz CT molecular complexity index is 702. The molecule has 0 radical (unpaired) electrons. The van der Waals surface area contributed by atoms with Crippen molar-refractivity contribution in [3.8, 4) is 0 Å². The number of rotatable bonds is 4. The molecule has 0 saturated carbocycles. The van der Waals surface area contributed by atoms with Crippen LogP contribution in [-0.2, 0) is 4.79 Å². The molecule has 3 rings (SSSR count). The molecular formula is C15H19N7O2S. The van der Waals surface area contributed by atoms with Gasteiger partial charge in [0.1, 0.15) is 17.4 Å². The number of nitrogens with zero attached hydrogens (tertiary/aromatic N) is 5. The Morgan fingerprint density at radius 3 is 2.68 bits per heavy atom. The summed E-state index contributed by atoms with van der Waals surface area (Å²) in [5, 5.41) is 13.1. The molecule has 0 bridgehead atoms. The maximum atomic E-state index is 12.3. The minimum absolute atomic E-state index is 0.249. The van der Waals surface area contributed by atoms with Gasteiger partial charge in [0, 0.05) is 32.4 Å². The van der Waals surface area contributed by atoms with Crippen molar-refractivity contribution in [2.75, 3.05) is 36.4 Å². The van der Waals surface area contributed by atoms with Crippen LogP contribution < -0.4 is 15.5 Å². The Morgan fingerprint density at radius 2 is 2.04 bits per heavy atom. The van der Waals surface area contributed by atoms with E-state index >= 15 is 0 Å². The predicted octanol–water partition coefficient (Wildman–Crippen LogP) is 0.792. The van der Waals surface area contributed by atoms with Gasteiger partial charge in [-0.05, 0) is 19.1 Å². The second-order valence-corrected chi connectivity index (χ2v) is 6.40. The highest BCUT2D eigenvalue weighted by molar-refractivity contribution is 7.13. The summed E-state index contributed by atoms with van der Waals surface area (Å²) in [5.74, 6) is 0.588. The molecule has 2 aromatic rings. The van der Waals surface area contributed by atoms with Crippen molar-refractivity contribution in [3.05, 3.63) is 29.9 Å². The van der Waals surface area contributed by atoms with Crippen LogP contribution in [0.5, 0.6) is 0 Å². The summed E-state index contributed by atoms with van der Waals surface area (Å²) in [6.07, 6.45) is 1.76. The molecule has 1 fully saturated rings. The van der Waals surface area contributed by atoms with Crippen LogP contribution in [0.3, 0.4) is 0 Å². The fraction of sp³-hybridized carbons (Fsp3) is 0.400. The van der Waals surface area contributed by atoms with Crippen molar-refractivity contribution >= 4 is 34.2 Å². The SMILES string of the molecule is CC(NC(=O)N1CCN(c2ccccn2)CC1)C(=O)Nc1nncs1. The van der Waals surface area contributed by atoms with E-state index in [4.69, 9.17) is 0 Å². The predicted molar refractivity (Wildman–Crippen MR) is 94.6 cm³/mol. The lowest BCUT2D eigenvalue weighted by molar-refractivity contribution is -0.117. The summed E-state index contributed by atoms with van der Waals surface area (Å²) in [5.41, 5.74) is 1.53. The van der Waals surface area contributed by atoms with Crippen LogP contribution in [-0.4, -0.2) is 64.2 Å². The normalized spacial score (nSPS) is 15.6. The third-order valence-corrected chi connectivity index (χ3v) is 4.47. The summed E-state index contributed by atoms with van der Waals surface area (Å²) < 4.78 is 0. The van der Waals surface area contributed by atoms with E-state index in [1.54, 1.807) is 18.0 Å². The number of piperazine rings is 1. The van der Waals surface area contributed by atoms with E-state index in [9.17, 15) is 9.59 Å². The smallest absolute Gasteiger partial charge is 0.318 e. The van der Waals surface area contributed by atoms with Crippen molar-refractivity contribution in [1.29, 1.82) is 0 Å². The summed E-state index contributed by atoms with van der Waals surface area (Å²) >= 11 is 1.23. The van der Waals surface area contributed by atoms with Gasteiger partial charge in [0.15, 0.2) is 0 Å². The molecule has 1 aliphatic heterocycles. The Hall–Kier alpha value is -2.75. The van der Waals surface area contributed by atoms with Gasteiger partial charge in [0.2, 0.25) is 11.0 Å². The maximum absolute atomic E-state index is 12.3. The van der Waals surface area contributed by atoms with Crippen LogP contribution in [0.4, 0.5) is 15.7 Å². The van der Waals surface area contributed by atoms with E-state index in [0.717, 1.165) is 5.82 Å². The minimum Gasteiger partial charge on any atom is -0.353 e. The molecular weight excluding hydrogens is 342 g/mol. The first-order chi connectivity index (χ1) is 12.1. The van der Waals surface area contributed by atoms with Crippen LogP contribution in [0.25, 0.3) is 0 Å². The van der Waals surface area contributed by atoms with Gasteiger partial charge < -0.3 is 15.1 Å². The van der Waals surface area contributed by atoms with E-state index in [1.807, 2.05) is 18.2 Å². The molecule has 3 amide bonds. The molecule has 1 atom stereocenters. The third kappa shape index (κ3) is 4.41. The van der Waals surface area contributed by atoms with Crippen molar-refractivity contribution in [2.24, 2.45) is 0 Å². The first kappa shape index (κ1) is 17.1. The van der Waals surface area contributed by atoms with Crippen LogP contribution in [0.2, 0.25) is 0 Å². The standard InChI is InChI=1S/C15H19N7O2S/c1-11(13(23)19-14-20-17-10-25-14)18-15(24)22-8-6-21(7-9-22)12-4-2-3-5-16-12/h2-5,10-11H,6-9H2,1H3,(H,18,24)(H,19,20,23). The average molecular weight is 361 g/mol. The van der Waals surface area contributed by atoms with E-state index in [2.05, 4.69) is 30.7 Å². The lowest BCUT2D eigenvalue weighted by Gasteiger charge is -2.35. The zero-order valence-corrected chi connectivity index (χ0v) is 14.6. The zero-order valence-electron chi connectivity index (χ0n) is 13.8. The number of amides is 3. The molecule has 1 aliphatic rings. The first-order valence-electron chi connectivity index (χ1n) is 7.92. The summed E-state index contributed by atoms with van der Waals surface area (Å²) in [4.78, 5) is 32.5. The number of aromatic nitrogens is 3. The second-order valence-electron chi connectivity index (χ2n) is 5.57. The van der Waals surface area contributed by atoms with E-state index in [1.165, 1.54) is 16.8 Å². The molecule has 1 unspecified atom stereocenters. The molecule has 0 aliphatic carbocycles. The van der Waals surface area contributed by atoms with Crippen molar-refractivity contribution in [1.82, 2.24) is 25.4 Å². The van der Waals surface area contributed by atoms with Gasteiger partial charge in [0.25, 0.3) is 0 Å². The Balaban J connectivity index is 1.46. The van der Waals surface area contributed by atoms with E-state index in [0.29, 0.717) is 31.3 Å². The number of pyridine rings is 1. The van der Waals surface area contributed by atoms with Gasteiger partial charge in [-0.2, -0.15) is 0 Å². The van der Waals surface area contributed by atoms with Gasteiger partial charge in [-0.3, -0.25) is 10.1 Å². The number of anilines is 2. The number of carbonyl (C=O) groups excluding carboxylic acids is 2. The van der Waals surface area contributed by atoms with E-state index < -0.39 is 6.04 Å². The van der Waals surface area contributed by atoms with Gasteiger partial charge in [-0.15, -0.1) is 10.2 Å². The molecule has 0 aromatic carbocycles. The second kappa shape index (κ2) is 7.88. The van der Waals surface area contributed by atoms with Crippen molar-refractivity contribution in [2.45, 2.75) is 13.0 Å². The lowest BCUT2D eigenvalue weighted by Crippen LogP contribution is -2.54. The number of carbonyl (C=O) groups is 2. The fourth-order valence-corrected chi connectivity index (χ4v) is 2.91. The number of hydrogen-bond acceptors (Lipinski definition) is 7. The highest BCUT2D eigenvalue weighted by Gasteiger charge is 2.24. The number of nitrogens with one attached hydrogen (secondary N) is 2. The van der Waals surface area contributed by atoms with Crippen LogP contribution in [0, 0.1) is 0 Å². The largest absolute Gasteiger partial charge is 0.353 e. The van der Waals surface area contributed by atoms with Crippen LogP contribution in [0.15, 0.2) is 29.9 Å². The molecule has 25 heavy (non-hydrogen) atoms. The molecule has 9 nitrogen and oxygen atoms in total. The van der Waals surface area contributed by atoms with Gasteiger partial charge in [0.05, 0.1) is 0 Å². The molecule has 1 saturated heterocycles. The van der Waals surface area contributed by atoms with Crippen molar-refractivity contribution in [3.63, 3.8) is 0 Å². The Labute approximate surface area is 149 Å². The van der Waals surface area contributed by atoms with Gasteiger partial charge in [-0.25, -0.2) is 9.78 Å². The highest BCUT2D eigenvalue weighted by Crippen LogP contribution is 2.13. The van der Waals surface area contributed by atoms with Crippen LogP contribution in [0.1, 0.15) is 6.92 Å². The number of hydrogen-bond donors (Lipinski definition) is 2. The van der Waals surface area contributed by atoms with Gasteiger partial charge >= 0.3 is 6.03 Å². The molecule has 2 N–H and O–H groups in total. The highest BCUT2D eigenvalue weighted by atomic mass is 32.1. The van der Waals surface area contributed by atoms with Crippen molar-refractivity contribution < 1.29 is 9.59 Å². The summed E-state index contributed by atoms with van der Waals surface area (Å²) in [6.45, 7) is 4.20. The molecule has 0 spiro atoms. The Morgan fingerprint density at radius 1 is 1.24 bits per heavy atom. The number of urea groups is 1. The third-order valence-electron chi connectivity index (χ3n) is 3.86. The summed E-state index contributed by atoms with van der Waals surface area (Å²) in [6, 6.07) is 4.86. The fourth-order valence-electron chi connectivity index (χ4n) is 2.46. The molecule has 132 valence electrons. The quantitative estimate of drug-likeness (QED) is 0.835. The Kier molecular flexibility index (Phi) is 5.39. The first-order valence-corrected chi connectivity index (χ1v) is 8.80. The molecule has 10 heteroatoms. The lowest BCUT2D eigenvalue weighted by atomic mass is 10.3. The summed E-state index contributed by atoms with van der Waals surface area (Å²) in [7, 11) is 0. The molecule has 2 aromatic heterocycles.